The molecule has 0 radical (unpaired) electrons. The van der Waals surface area contributed by atoms with Crippen LogP contribution < -0.4 is 15.5 Å². The van der Waals surface area contributed by atoms with Gasteiger partial charge in [-0.1, -0.05) is 49.6 Å². The van der Waals surface area contributed by atoms with Gasteiger partial charge in [-0.3, -0.25) is 0 Å². The van der Waals surface area contributed by atoms with Gasteiger partial charge >= 0.3 is 0 Å². The lowest BCUT2D eigenvalue weighted by Gasteiger charge is -2.22. The first-order valence-corrected chi connectivity index (χ1v) is 12.8. The van der Waals surface area contributed by atoms with Gasteiger partial charge in [0.2, 0.25) is 10.0 Å². The van der Waals surface area contributed by atoms with Crippen molar-refractivity contribution in [1.82, 2.24) is 19.3 Å². The van der Waals surface area contributed by atoms with Gasteiger partial charge in [-0.2, -0.15) is 9.61 Å². The van der Waals surface area contributed by atoms with Gasteiger partial charge in [-0.15, -0.1) is 0 Å². The highest BCUT2D eigenvalue weighted by atomic mass is 32.2. The van der Waals surface area contributed by atoms with Crippen LogP contribution in [0.1, 0.15) is 32.1 Å². The first kappa shape index (κ1) is 21.7. The number of hydrogen-bond donors (Lipinski definition) is 2. The molecule has 2 N–H and O–H groups in total. The van der Waals surface area contributed by atoms with Crippen molar-refractivity contribution in [3.8, 4) is 11.3 Å². The van der Waals surface area contributed by atoms with E-state index in [1.54, 1.807) is 35.0 Å². The summed E-state index contributed by atoms with van der Waals surface area (Å²) < 4.78 is 30.2. The first-order valence-electron chi connectivity index (χ1n) is 11.3. The summed E-state index contributed by atoms with van der Waals surface area (Å²) in [6.07, 6.45) is 6.94. The van der Waals surface area contributed by atoms with E-state index in [4.69, 9.17) is 4.98 Å². The molecule has 0 saturated heterocycles. The zero-order valence-corrected chi connectivity index (χ0v) is 19.3. The monoisotopic (exact) mass is 459 g/mol. The minimum Gasteiger partial charge on any atom is -0.340 e. The number of benzene rings is 2. The zero-order valence-electron chi connectivity index (χ0n) is 18.5. The van der Waals surface area contributed by atoms with Crippen molar-refractivity contribution in [3.63, 3.8) is 0 Å². The minimum absolute atomic E-state index is 0.0334. The van der Waals surface area contributed by atoms with Crippen molar-refractivity contribution < 1.29 is 8.42 Å². The van der Waals surface area contributed by atoms with E-state index < -0.39 is 10.0 Å². The Kier molecular flexibility index (Phi) is 5.91. The Hall–Kier alpha value is -3.17. The van der Waals surface area contributed by atoms with Crippen molar-refractivity contribution in [1.29, 1.82) is 0 Å². The van der Waals surface area contributed by atoms with E-state index in [-0.39, 0.29) is 10.9 Å². The molecule has 0 unspecified atom stereocenters. The molecule has 0 amide bonds. The molecular weight excluding hydrogens is 433 g/mol. The van der Waals surface area contributed by atoms with E-state index in [0.29, 0.717) is 0 Å². The summed E-state index contributed by atoms with van der Waals surface area (Å²) in [5.74, 6) is 0.753. The quantitative estimate of drug-likeness (QED) is 0.433. The lowest BCUT2D eigenvalue weighted by molar-refractivity contribution is 0.412. The van der Waals surface area contributed by atoms with Gasteiger partial charge in [0.15, 0.2) is 5.65 Å². The van der Waals surface area contributed by atoms with Crippen LogP contribution in [0.25, 0.3) is 16.9 Å². The standard InChI is InChI=1S/C24H26BN5O2S/c25-21-16-26-30-23(15-22(28-24(21)30)17-7-3-1-4-8-17)27-18-11-13-20(14-12-18)33(31,32)29-19-9-5-2-6-10-19/h1,3-4,7-8,11-16,19,27,29H,2,5-6,9-10,25H2. The van der Waals surface area contributed by atoms with Crippen LogP contribution in [0.4, 0.5) is 11.5 Å². The van der Waals surface area contributed by atoms with Crippen LogP contribution in [0, 0.1) is 0 Å². The topological polar surface area (TPSA) is 88.4 Å². The van der Waals surface area contributed by atoms with Crippen LogP contribution in [-0.4, -0.2) is 36.9 Å². The van der Waals surface area contributed by atoms with Crippen LogP contribution in [-0.2, 0) is 10.0 Å². The Morgan fingerprint density at radius 3 is 2.42 bits per heavy atom. The number of rotatable bonds is 6. The Bertz CT molecular complexity index is 1370. The third-order valence-corrected chi connectivity index (χ3v) is 7.62. The average molecular weight is 459 g/mol. The number of anilines is 2. The highest BCUT2D eigenvalue weighted by Crippen LogP contribution is 2.25. The number of aromatic nitrogens is 3. The maximum absolute atomic E-state index is 12.8. The molecule has 0 spiro atoms. The molecule has 1 fully saturated rings. The van der Waals surface area contributed by atoms with Crippen LogP contribution in [0.2, 0.25) is 0 Å². The van der Waals surface area contributed by atoms with Gasteiger partial charge in [0.1, 0.15) is 13.7 Å². The lowest BCUT2D eigenvalue weighted by atomic mass is 9.96. The van der Waals surface area contributed by atoms with Crippen LogP contribution >= 0.6 is 0 Å². The minimum atomic E-state index is -3.53. The molecule has 0 bridgehead atoms. The van der Waals surface area contributed by atoms with Crippen LogP contribution in [0.3, 0.4) is 0 Å². The molecule has 2 aromatic heterocycles. The lowest BCUT2D eigenvalue weighted by Crippen LogP contribution is -2.36. The first-order chi connectivity index (χ1) is 16.0. The third-order valence-electron chi connectivity index (χ3n) is 6.08. The smallest absolute Gasteiger partial charge is 0.240 e. The number of sulfonamides is 1. The summed E-state index contributed by atoms with van der Waals surface area (Å²) in [5, 5.41) is 7.83. The van der Waals surface area contributed by atoms with E-state index in [1.807, 2.05) is 44.2 Å². The normalized spacial score (nSPS) is 15.0. The predicted molar refractivity (Wildman–Crippen MR) is 134 cm³/mol. The molecule has 2 aromatic carbocycles. The summed E-state index contributed by atoms with van der Waals surface area (Å²) >= 11 is 0. The third kappa shape index (κ3) is 4.65. The second kappa shape index (κ2) is 9.00. The Morgan fingerprint density at radius 2 is 1.70 bits per heavy atom. The summed E-state index contributed by atoms with van der Waals surface area (Å²) in [5.41, 5.74) is 4.37. The van der Waals surface area contributed by atoms with Crippen molar-refractivity contribution in [3.05, 3.63) is 66.9 Å². The molecule has 2 heterocycles. The molecular formula is C24H26BN5O2S. The second-order valence-electron chi connectivity index (χ2n) is 8.56. The van der Waals surface area contributed by atoms with Crippen LogP contribution in [0.15, 0.2) is 71.8 Å². The molecule has 5 rings (SSSR count). The average Bonchev–Trinajstić information content (AvgIpc) is 3.21. The van der Waals surface area contributed by atoms with Crippen molar-refractivity contribution in [2.45, 2.75) is 43.0 Å². The van der Waals surface area contributed by atoms with Crippen molar-refractivity contribution in [2.75, 3.05) is 5.32 Å². The number of fused-ring (bicyclic) bond motifs is 1. The van der Waals surface area contributed by atoms with Crippen molar-refractivity contribution >= 4 is 40.5 Å². The molecule has 1 aliphatic rings. The molecule has 0 aliphatic heterocycles. The second-order valence-corrected chi connectivity index (χ2v) is 10.3. The number of nitrogens with zero attached hydrogens (tertiary/aromatic N) is 3. The summed E-state index contributed by atoms with van der Waals surface area (Å²) in [4.78, 5) is 5.06. The molecule has 0 atom stereocenters. The largest absolute Gasteiger partial charge is 0.340 e. The number of nitrogens with one attached hydrogen (secondary N) is 2. The van der Waals surface area contributed by atoms with Gasteiger partial charge in [-0.25, -0.2) is 18.1 Å². The van der Waals surface area contributed by atoms with Crippen LogP contribution in [0.5, 0.6) is 0 Å². The SMILES string of the molecule is Bc1cnn2c(Nc3ccc(S(=O)(=O)NC4CCCCC4)cc3)cc(-c3ccccc3)nc12. The molecule has 1 saturated carbocycles. The molecule has 4 aromatic rings. The van der Waals surface area contributed by atoms with E-state index in [0.717, 1.165) is 59.6 Å². The fourth-order valence-corrected chi connectivity index (χ4v) is 5.60. The van der Waals surface area contributed by atoms with E-state index in [1.165, 1.54) is 6.42 Å². The molecule has 7 nitrogen and oxygen atoms in total. The molecule has 33 heavy (non-hydrogen) atoms. The zero-order chi connectivity index (χ0) is 22.8. The van der Waals surface area contributed by atoms with E-state index in [2.05, 4.69) is 15.1 Å². The Morgan fingerprint density at radius 1 is 0.970 bits per heavy atom. The summed E-state index contributed by atoms with van der Waals surface area (Å²) in [7, 11) is -1.55. The summed E-state index contributed by atoms with van der Waals surface area (Å²) in [6.45, 7) is 0. The predicted octanol–water partition coefficient (Wildman–Crippen LogP) is 3.01. The molecule has 9 heteroatoms. The van der Waals surface area contributed by atoms with Gasteiger partial charge in [0.25, 0.3) is 0 Å². The Balaban J connectivity index is 1.42. The van der Waals surface area contributed by atoms with E-state index in [9.17, 15) is 8.42 Å². The fourth-order valence-electron chi connectivity index (χ4n) is 4.29. The maximum atomic E-state index is 12.8. The maximum Gasteiger partial charge on any atom is 0.240 e. The highest BCUT2D eigenvalue weighted by molar-refractivity contribution is 7.89. The van der Waals surface area contributed by atoms with Gasteiger partial charge in [0.05, 0.1) is 10.6 Å². The van der Waals surface area contributed by atoms with Crippen molar-refractivity contribution in [2.24, 2.45) is 0 Å². The van der Waals surface area contributed by atoms with Gasteiger partial charge < -0.3 is 5.32 Å². The van der Waals surface area contributed by atoms with Gasteiger partial charge in [0, 0.05) is 29.6 Å². The van der Waals surface area contributed by atoms with Gasteiger partial charge in [-0.05, 0) is 42.6 Å². The fraction of sp³-hybridized carbons (Fsp3) is 0.250. The number of hydrogen-bond acceptors (Lipinski definition) is 5. The Labute approximate surface area is 194 Å². The van der Waals surface area contributed by atoms with E-state index >= 15 is 0 Å². The summed E-state index contributed by atoms with van der Waals surface area (Å²) in [6, 6.07) is 18.8. The highest BCUT2D eigenvalue weighted by Gasteiger charge is 2.21. The molecule has 1 aliphatic carbocycles. The molecule has 168 valence electrons.